The Labute approximate surface area is 100 Å². The van der Waals surface area contributed by atoms with Crippen molar-refractivity contribution in [3.05, 3.63) is 32.6 Å². The molecule has 0 saturated carbocycles. The monoisotopic (exact) mass is 319 g/mol. The SMILES string of the molecule is Cc1nc(-c2cc(Cl)ccc2I)n[nH]1. The van der Waals surface area contributed by atoms with Crippen LogP contribution in [0.4, 0.5) is 0 Å². The Morgan fingerprint density at radius 1 is 1.43 bits per heavy atom. The van der Waals surface area contributed by atoms with Crippen LogP contribution in [0.5, 0.6) is 0 Å². The van der Waals surface area contributed by atoms with Crippen molar-refractivity contribution in [3.8, 4) is 11.4 Å². The molecule has 1 N–H and O–H groups in total. The average molecular weight is 320 g/mol. The summed E-state index contributed by atoms with van der Waals surface area (Å²) in [6.45, 7) is 1.87. The number of nitrogens with zero attached hydrogens (tertiary/aromatic N) is 2. The fourth-order valence-corrected chi connectivity index (χ4v) is 1.88. The summed E-state index contributed by atoms with van der Waals surface area (Å²) in [6, 6.07) is 5.67. The van der Waals surface area contributed by atoms with Crippen molar-refractivity contribution in [2.24, 2.45) is 0 Å². The van der Waals surface area contributed by atoms with Gasteiger partial charge in [0.05, 0.1) is 0 Å². The van der Waals surface area contributed by atoms with Crippen LogP contribution in [0.2, 0.25) is 5.02 Å². The Bertz CT molecular complexity index is 467. The highest BCUT2D eigenvalue weighted by Gasteiger charge is 2.08. The lowest BCUT2D eigenvalue weighted by Gasteiger charge is -1.99. The van der Waals surface area contributed by atoms with E-state index in [2.05, 4.69) is 37.8 Å². The quantitative estimate of drug-likeness (QED) is 0.821. The van der Waals surface area contributed by atoms with Crippen molar-refractivity contribution in [1.82, 2.24) is 15.2 Å². The summed E-state index contributed by atoms with van der Waals surface area (Å²) in [5, 5.41) is 7.59. The van der Waals surface area contributed by atoms with Crippen LogP contribution in [0, 0.1) is 10.5 Å². The highest BCUT2D eigenvalue weighted by molar-refractivity contribution is 14.1. The van der Waals surface area contributed by atoms with E-state index in [0.29, 0.717) is 10.8 Å². The minimum atomic E-state index is 0.689. The second-order valence-electron chi connectivity index (χ2n) is 2.87. The van der Waals surface area contributed by atoms with Gasteiger partial charge >= 0.3 is 0 Å². The summed E-state index contributed by atoms with van der Waals surface area (Å²) < 4.78 is 1.09. The minimum absolute atomic E-state index is 0.689. The minimum Gasteiger partial charge on any atom is -0.263 e. The van der Waals surface area contributed by atoms with E-state index >= 15 is 0 Å². The zero-order chi connectivity index (χ0) is 10.1. The molecule has 0 atom stereocenters. The number of H-pyrrole nitrogens is 1. The second-order valence-corrected chi connectivity index (χ2v) is 4.47. The fourth-order valence-electron chi connectivity index (χ4n) is 1.13. The van der Waals surface area contributed by atoms with Gasteiger partial charge in [-0.3, -0.25) is 5.10 Å². The molecular weight excluding hydrogens is 312 g/mol. The fraction of sp³-hybridized carbons (Fsp3) is 0.111. The predicted octanol–water partition coefficient (Wildman–Crippen LogP) is 3.04. The molecule has 0 amide bonds. The molecule has 0 spiro atoms. The number of rotatable bonds is 1. The lowest BCUT2D eigenvalue weighted by atomic mass is 10.2. The average Bonchev–Trinajstić information content (AvgIpc) is 2.56. The van der Waals surface area contributed by atoms with Gasteiger partial charge in [-0.15, -0.1) is 0 Å². The number of halogens is 2. The number of hydrogen-bond acceptors (Lipinski definition) is 2. The van der Waals surface area contributed by atoms with Crippen LogP contribution in [0.1, 0.15) is 5.82 Å². The van der Waals surface area contributed by atoms with Gasteiger partial charge in [0.2, 0.25) is 0 Å². The van der Waals surface area contributed by atoms with Crippen LogP contribution >= 0.6 is 34.2 Å². The van der Waals surface area contributed by atoms with E-state index in [1.54, 1.807) is 0 Å². The first-order valence-corrected chi connectivity index (χ1v) is 5.47. The molecular formula is C9H7ClIN3. The van der Waals surface area contributed by atoms with Crippen LogP contribution in [0.3, 0.4) is 0 Å². The van der Waals surface area contributed by atoms with Crippen molar-refractivity contribution in [1.29, 1.82) is 0 Å². The third-order valence-corrected chi connectivity index (χ3v) is 2.94. The van der Waals surface area contributed by atoms with Gasteiger partial charge in [-0.05, 0) is 47.7 Å². The molecule has 5 heteroatoms. The Balaban J connectivity index is 2.55. The van der Waals surface area contributed by atoms with Gasteiger partial charge < -0.3 is 0 Å². The molecule has 0 fully saturated rings. The van der Waals surface area contributed by atoms with Crippen LogP contribution in [-0.4, -0.2) is 15.2 Å². The third-order valence-electron chi connectivity index (χ3n) is 1.77. The molecule has 2 rings (SSSR count). The van der Waals surface area contributed by atoms with E-state index < -0.39 is 0 Å². The van der Waals surface area contributed by atoms with E-state index in [1.165, 1.54) is 0 Å². The van der Waals surface area contributed by atoms with E-state index in [9.17, 15) is 0 Å². The molecule has 0 radical (unpaired) electrons. The molecule has 0 aliphatic carbocycles. The molecule has 0 aliphatic rings. The lowest BCUT2D eigenvalue weighted by Crippen LogP contribution is -1.85. The van der Waals surface area contributed by atoms with Crippen LogP contribution in [0.15, 0.2) is 18.2 Å². The van der Waals surface area contributed by atoms with Gasteiger partial charge in [0.15, 0.2) is 5.82 Å². The molecule has 0 unspecified atom stereocenters. The number of aryl methyl sites for hydroxylation is 1. The maximum atomic E-state index is 5.90. The molecule has 0 bridgehead atoms. The highest BCUT2D eigenvalue weighted by Crippen LogP contribution is 2.25. The van der Waals surface area contributed by atoms with Crippen molar-refractivity contribution >= 4 is 34.2 Å². The lowest BCUT2D eigenvalue weighted by molar-refractivity contribution is 1.04. The zero-order valence-electron chi connectivity index (χ0n) is 7.38. The second kappa shape index (κ2) is 3.86. The number of nitrogens with one attached hydrogen (secondary N) is 1. The summed E-state index contributed by atoms with van der Waals surface area (Å²) in [7, 11) is 0. The van der Waals surface area contributed by atoms with E-state index in [-0.39, 0.29) is 0 Å². The Morgan fingerprint density at radius 3 is 2.86 bits per heavy atom. The zero-order valence-corrected chi connectivity index (χ0v) is 10.3. The Kier molecular flexibility index (Phi) is 2.73. The van der Waals surface area contributed by atoms with Crippen LogP contribution in [0.25, 0.3) is 11.4 Å². The summed E-state index contributed by atoms with van der Waals surface area (Å²) in [5.74, 6) is 1.49. The number of aromatic amines is 1. The normalized spacial score (nSPS) is 10.5. The van der Waals surface area contributed by atoms with Gasteiger partial charge in [0.25, 0.3) is 0 Å². The summed E-state index contributed by atoms with van der Waals surface area (Å²) in [6.07, 6.45) is 0. The van der Waals surface area contributed by atoms with Gasteiger partial charge in [-0.2, -0.15) is 5.10 Å². The van der Waals surface area contributed by atoms with E-state index in [0.717, 1.165) is 15.0 Å². The van der Waals surface area contributed by atoms with Crippen molar-refractivity contribution in [2.45, 2.75) is 6.92 Å². The van der Waals surface area contributed by atoms with Gasteiger partial charge in [0, 0.05) is 14.2 Å². The Morgan fingerprint density at radius 2 is 2.21 bits per heavy atom. The highest BCUT2D eigenvalue weighted by atomic mass is 127. The maximum Gasteiger partial charge on any atom is 0.182 e. The maximum absolute atomic E-state index is 5.90. The Hall–Kier alpha value is -0.620. The molecule has 72 valence electrons. The smallest absolute Gasteiger partial charge is 0.182 e. The van der Waals surface area contributed by atoms with Crippen molar-refractivity contribution in [3.63, 3.8) is 0 Å². The molecule has 0 saturated heterocycles. The van der Waals surface area contributed by atoms with Crippen molar-refractivity contribution < 1.29 is 0 Å². The summed E-state index contributed by atoms with van der Waals surface area (Å²) >= 11 is 8.14. The molecule has 1 heterocycles. The van der Waals surface area contributed by atoms with Gasteiger partial charge in [0.1, 0.15) is 5.82 Å². The van der Waals surface area contributed by atoms with Gasteiger partial charge in [-0.25, -0.2) is 4.98 Å². The first kappa shape index (κ1) is 9.92. The molecule has 2 aromatic rings. The number of aromatic nitrogens is 3. The summed E-state index contributed by atoms with van der Waals surface area (Å²) in [5.41, 5.74) is 0.961. The standard InChI is InChI=1S/C9H7ClIN3/c1-5-12-9(14-13-5)7-4-6(10)2-3-8(7)11/h2-4H,1H3,(H,12,13,14). The first-order chi connectivity index (χ1) is 6.66. The molecule has 3 nitrogen and oxygen atoms in total. The van der Waals surface area contributed by atoms with Crippen LogP contribution < -0.4 is 0 Å². The summed E-state index contributed by atoms with van der Waals surface area (Å²) in [4.78, 5) is 4.25. The topological polar surface area (TPSA) is 41.6 Å². The molecule has 14 heavy (non-hydrogen) atoms. The van der Waals surface area contributed by atoms with Crippen molar-refractivity contribution in [2.75, 3.05) is 0 Å². The van der Waals surface area contributed by atoms with Gasteiger partial charge in [-0.1, -0.05) is 11.6 Å². The molecule has 0 aliphatic heterocycles. The largest absolute Gasteiger partial charge is 0.263 e. The third kappa shape index (κ3) is 1.90. The predicted molar refractivity (Wildman–Crippen MR) is 64.3 cm³/mol. The van der Waals surface area contributed by atoms with Crippen LogP contribution in [-0.2, 0) is 0 Å². The molecule has 1 aromatic heterocycles. The van der Waals surface area contributed by atoms with E-state index in [4.69, 9.17) is 11.6 Å². The number of hydrogen-bond donors (Lipinski definition) is 1. The molecule has 1 aromatic carbocycles. The number of benzene rings is 1. The first-order valence-electron chi connectivity index (χ1n) is 4.01. The van der Waals surface area contributed by atoms with E-state index in [1.807, 2.05) is 25.1 Å².